The SMILES string of the molecule is CC(C)(C#N)C(C)(C)SC(=S)c1ccccc1. The predicted octanol–water partition coefficient (Wildman–Crippen LogP) is 4.42. The van der Waals surface area contributed by atoms with Crippen molar-refractivity contribution >= 4 is 28.2 Å². The van der Waals surface area contributed by atoms with Gasteiger partial charge in [-0.25, -0.2) is 0 Å². The molecule has 0 spiro atoms. The fourth-order valence-corrected chi connectivity index (χ4v) is 2.91. The molecule has 0 heterocycles. The summed E-state index contributed by atoms with van der Waals surface area (Å²) < 4.78 is 0.633. The van der Waals surface area contributed by atoms with Crippen LogP contribution in [0.15, 0.2) is 30.3 Å². The zero-order chi connectivity index (χ0) is 13.1. The van der Waals surface area contributed by atoms with E-state index in [1.165, 1.54) is 0 Å². The van der Waals surface area contributed by atoms with E-state index in [9.17, 15) is 5.26 Å². The molecule has 0 radical (unpaired) electrons. The molecule has 0 atom stereocenters. The molecular weight excluding hydrogens is 246 g/mol. The molecule has 0 aliphatic carbocycles. The van der Waals surface area contributed by atoms with Crippen molar-refractivity contribution in [2.24, 2.45) is 5.41 Å². The Balaban J connectivity index is 2.87. The Morgan fingerprint density at radius 2 is 1.71 bits per heavy atom. The summed E-state index contributed by atoms with van der Waals surface area (Å²) >= 11 is 7.03. The Labute approximate surface area is 113 Å². The molecule has 0 fully saturated rings. The van der Waals surface area contributed by atoms with Gasteiger partial charge in [0.1, 0.15) is 0 Å². The Morgan fingerprint density at radius 1 is 1.18 bits per heavy atom. The van der Waals surface area contributed by atoms with Crippen molar-refractivity contribution in [3.63, 3.8) is 0 Å². The fraction of sp³-hybridized carbons (Fsp3) is 0.429. The second-order valence-electron chi connectivity index (χ2n) is 5.00. The summed E-state index contributed by atoms with van der Waals surface area (Å²) in [5.41, 5.74) is 0.630. The van der Waals surface area contributed by atoms with Crippen LogP contribution >= 0.6 is 24.0 Å². The van der Waals surface area contributed by atoms with Gasteiger partial charge in [-0.15, -0.1) is 11.8 Å². The van der Waals surface area contributed by atoms with Gasteiger partial charge in [0, 0.05) is 4.75 Å². The molecule has 1 aromatic rings. The second-order valence-corrected chi connectivity index (χ2v) is 7.30. The van der Waals surface area contributed by atoms with Crippen molar-refractivity contribution in [2.75, 3.05) is 0 Å². The van der Waals surface area contributed by atoms with Gasteiger partial charge >= 0.3 is 0 Å². The predicted molar refractivity (Wildman–Crippen MR) is 79.2 cm³/mol. The number of rotatable bonds is 3. The van der Waals surface area contributed by atoms with Crippen molar-refractivity contribution < 1.29 is 0 Å². The minimum Gasteiger partial charge on any atom is -0.198 e. The first kappa shape index (κ1) is 14.2. The van der Waals surface area contributed by atoms with Crippen LogP contribution in [0.2, 0.25) is 0 Å². The van der Waals surface area contributed by atoms with Crippen LogP contribution in [0, 0.1) is 16.7 Å². The average molecular weight is 263 g/mol. The molecule has 0 saturated heterocycles. The lowest BCUT2D eigenvalue weighted by Gasteiger charge is -2.35. The number of thiocarbonyl (C=S) groups is 1. The van der Waals surface area contributed by atoms with Crippen molar-refractivity contribution in [3.05, 3.63) is 35.9 Å². The highest BCUT2D eigenvalue weighted by atomic mass is 32.2. The molecule has 0 unspecified atom stereocenters. The minimum atomic E-state index is -0.420. The van der Waals surface area contributed by atoms with Crippen LogP contribution in [-0.2, 0) is 0 Å². The lowest BCUT2D eigenvalue weighted by atomic mass is 9.82. The molecule has 0 aromatic heterocycles. The van der Waals surface area contributed by atoms with Gasteiger partial charge < -0.3 is 0 Å². The van der Waals surface area contributed by atoms with Crippen LogP contribution in [0.4, 0.5) is 0 Å². The van der Waals surface area contributed by atoms with Gasteiger partial charge in [-0.1, -0.05) is 42.5 Å². The summed E-state index contributed by atoms with van der Waals surface area (Å²) in [5.74, 6) is 0. The first-order valence-electron chi connectivity index (χ1n) is 5.50. The molecule has 1 aromatic carbocycles. The van der Waals surface area contributed by atoms with E-state index in [0.29, 0.717) is 0 Å². The summed E-state index contributed by atoms with van der Waals surface area (Å²) in [4.78, 5) is 0. The van der Waals surface area contributed by atoms with Crippen LogP contribution in [0.25, 0.3) is 0 Å². The van der Waals surface area contributed by atoms with Crippen LogP contribution in [-0.4, -0.2) is 8.94 Å². The number of thioether (sulfide) groups is 1. The molecule has 90 valence electrons. The Morgan fingerprint density at radius 3 is 2.18 bits per heavy atom. The van der Waals surface area contributed by atoms with Gasteiger partial charge in [0.2, 0.25) is 0 Å². The summed E-state index contributed by atoms with van der Waals surface area (Å²) in [6.07, 6.45) is 0. The Bertz CT molecular complexity index is 441. The maximum Gasteiger partial charge on any atom is 0.0784 e. The second kappa shape index (κ2) is 5.20. The van der Waals surface area contributed by atoms with Gasteiger partial charge in [0.25, 0.3) is 0 Å². The van der Waals surface area contributed by atoms with Crippen molar-refractivity contribution in [1.29, 1.82) is 5.26 Å². The first-order valence-corrected chi connectivity index (χ1v) is 6.72. The number of nitrogens with zero attached hydrogens (tertiary/aromatic N) is 1. The Kier molecular flexibility index (Phi) is 4.35. The molecule has 0 amide bonds. The molecule has 3 heteroatoms. The topological polar surface area (TPSA) is 23.8 Å². The summed E-state index contributed by atoms with van der Waals surface area (Å²) in [7, 11) is 0. The summed E-state index contributed by atoms with van der Waals surface area (Å²) in [6.45, 7) is 8.04. The molecule has 0 aliphatic heterocycles. The molecule has 0 aliphatic rings. The highest BCUT2D eigenvalue weighted by Gasteiger charge is 2.38. The zero-order valence-electron chi connectivity index (χ0n) is 10.7. The molecule has 1 nitrogen and oxygen atoms in total. The quantitative estimate of drug-likeness (QED) is 0.754. The average Bonchev–Trinajstić information content (AvgIpc) is 2.29. The number of nitriles is 1. The number of benzene rings is 1. The molecule has 17 heavy (non-hydrogen) atoms. The fourth-order valence-electron chi connectivity index (χ4n) is 1.13. The van der Waals surface area contributed by atoms with Crippen molar-refractivity contribution in [2.45, 2.75) is 32.4 Å². The van der Waals surface area contributed by atoms with E-state index in [-0.39, 0.29) is 4.75 Å². The lowest BCUT2D eigenvalue weighted by molar-refractivity contribution is 0.387. The van der Waals surface area contributed by atoms with E-state index in [1.807, 2.05) is 44.2 Å². The van der Waals surface area contributed by atoms with Gasteiger partial charge in [0.05, 0.1) is 15.7 Å². The van der Waals surface area contributed by atoms with Gasteiger partial charge in [-0.05, 0) is 33.3 Å². The molecule has 0 bridgehead atoms. The van der Waals surface area contributed by atoms with E-state index >= 15 is 0 Å². The van der Waals surface area contributed by atoms with Crippen LogP contribution in [0.3, 0.4) is 0 Å². The van der Waals surface area contributed by atoms with Crippen molar-refractivity contribution in [1.82, 2.24) is 0 Å². The molecule has 0 N–H and O–H groups in total. The number of hydrogen-bond acceptors (Lipinski definition) is 3. The highest BCUT2D eigenvalue weighted by Crippen LogP contribution is 2.42. The smallest absolute Gasteiger partial charge is 0.0784 e. The maximum atomic E-state index is 9.21. The highest BCUT2D eigenvalue weighted by molar-refractivity contribution is 8.24. The summed E-state index contributed by atoms with van der Waals surface area (Å²) in [5, 5.41) is 9.21. The zero-order valence-corrected chi connectivity index (χ0v) is 12.3. The van der Waals surface area contributed by atoms with E-state index in [2.05, 4.69) is 19.9 Å². The minimum absolute atomic E-state index is 0.214. The van der Waals surface area contributed by atoms with Crippen molar-refractivity contribution in [3.8, 4) is 6.07 Å². The normalized spacial score (nSPS) is 11.9. The first-order chi connectivity index (χ1) is 7.80. The van der Waals surface area contributed by atoms with Crippen LogP contribution in [0.1, 0.15) is 33.3 Å². The largest absolute Gasteiger partial charge is 0.198 e. The molecular formula is C14H17NS2. The van der Waals surface area contributed by atoms with Gasteiger partial charge in [0.15, 0.2) is 0 Å². The summed E-state index contributed by atoms with van der Waals surface area (Å²) in [6, 6.07) is 12.3. The molecule has 1 rings (SSSR count). The third-order valence-electron chi connectivity index (χ3n) is 3.14. The maximum absolute atomic E-state index is 9.21. The van der Waals surface area contributed by atoms with Gasteiger partial charge in [-0.3, -0.25) is 0 Å². The third kappa shape index (κ3) is 3.31. The van der Waals surface area contributed by atoms with Gasteiger partial charge in [-0.2, -0.15) is 5.26 Å². The monoisotopic (exact) mass is 263 g/mol. The standard InChI is InChI=1S/C14H17NS2/c1-13(2,10-15)14(3,4)17-12(16)11-8-6-5-7-9-11/h5-9H,1-4H3. The van der Waals surface area contributed by atoms with Crippen LogP contribution in [0.5, 0.6) is 0 Å². The van der Waals surface area contributed by atoms with E-state index in [1.54, 1.807) is 11.8 Å². The van der Waals surface area contributed by atoms with E-state index in [0.717, 1.165) is 9.76 Å². The number of hydrogen-bond donors (Lipinski definition) is 0. The third-order valence-corrected chi connectivity index (χ3v) is 5.07. The Hall–Kier alpha value is -0.850. The lowest BCUT2D eigenvalue weighted by Crippen LogP contribution is -2.35. The van der Waals surface area contributed by atoms with Crippen LogP contribution < -0.4 is 0 Å². The molecule has 0 saturated carbocycles. The van der Waals surface area contributed by atoms with E-state index in [4.69, 9.17) is 12.2 Å². The van der Waals surface area contributed by atoms with E-state index < -0.39 is 5.41 Å².